The number of hydrogen-bond acceptors (Lipinski definition) is 4. The predicted molar refractivity (Wildman–Crippen MR) is 79.4 cm³/mol. The van der Waals surface area contributed by atoms with Crippen LogP contribution in [0.25, 0.3) is 0 Å². The lowest BCUT2D eigenvalue weighted by Gasteiger charge is -2.41. The Hall–Kier alpha value is -0.160. The third kappa shape index (κ3) is 6.70. The van der Waals surface area contributed by atoms with Crippen LogP contribution in [0.15, 0.2) is 0 Å². The van der Waals surface area contributed by atoms with Crippen molar-refractivity contribution in [2.75, 3.05) is 46.4 Å². The molecule has 19 heavy (non-hydrogen) atoms. The Morgan fingerprint density at radius 2 is 2.16 bits per heavy atom. The molecule has 1 rings (SSSR count). The maximum Gasteiger partial charge on any atom is 0.0718 e. The van der Waals surface area contributed by atoms with Gasteiger partial charge >= 0.3 is 0 Å². The summed E-state index contributed by atoms with van der Waals surface area (Å²) in [7, 11) is 2.09. The maximum absolute atomic E-state index is 9.93. The van der Waals surface area contributed by atoms with Crippen molar-refractivity contribution >= 4 is 0 Å². The van der Waals surface area contributed by atoms with Crippen LogP contribution >= 0.6 is 0 Å². The SMILES string of the molecule is CCCNCC1(CN(C)CC(C)(C)O)CCCOC1. The summed E-state index contributed by atoms with van der Waals surface area (Å²) in [5.74, 6) is 0. The van der Waals surface area contributed by atoms with E-state index in [4.69, 9.17) is 4.74 Å². The van der Waals surface area contributed by atoms with E-state index < -0.39 is 5.60 Å². The summed E-state index contributed by atoms with van der Waals surface area (Å²) in [5.41, 5.74) is -0.435. The molecule has 1 saturated heterocycles. The average molecular weight is 272 g/mol. The lowest BCUT2D eigenvalue weighted by Crippen LogP contribution is -2.50. The summed E-state index contributed by atoms with van der Waals surface area (Å²) >= 11 is 0. The molecular weight excluding hydrogens is 240 g/mol. The molecule has 1 aliphatic rings. The quantitative estimate of drug-likeness (QED) is 0.657. The van der Waals surface area contributed by atoms with E-state index in [9.17, 15) is 5.11 Å². The van der Waals surface area contributed by atoms with Gasteiger partial charge in [0.1, 0.15) is 0 Å². The summed E-state index contributed by atoms with van der Waals surface area (Å²) in [6.07, 6.45) is 3.51. The number of ether oxygens (including phenoxy) is 1. The van der Waals surface area contributed by atoms with Crippen molar-refractivity contribution in [3.8, 4) is 0 Å². The molecule has 1 heterocycles. The van der Waals surface area contributed by atoms with Crippen LogP contribution in [-0.2, 0) is 4.74 Å². The van der Waals surface area contributed by atoms with Gasteiger partial charge in [-0.1, -0.05) is 6.92 Å². The number of rotatable bonds is 8. The largest absolute Gasteiger partial charge is 0.389 e. The zero-order chi connectivity index (χ0) is 14.4. The van der Waals surface area contributed by atoms with Gasteiger partial charge in [0.25, 0.3) is 0 Å². The van der Waals surface area contributed by atoms with Crippen molar-refractivity contribution in [1.29, 1.82) is 0 Å². The van der Waals surface area contributed by atoms with E-state index in [1.165, 1.54) is 6.42 Å². The molecule has 2 N–H and O–H groups in total. The van der Waals surface area contributed by atoms with Crippen LogP contribution in [0.4, 0.5) is 0 Å². The van der Waals surface area contributed by atoms with Crippen molar-refractivity contribution in [3.05, 3.63) is 0 Å². The van der Waals surface area contributed by atoms with Crippen LogP contribution in [0.5, 0.6) is 0 Å². The van der Waals surface area contributed by atoms with E-state index in [0.29, 0.717) is 6.54 Å². The maximum atomic E-state index is 9.93. The molecular formula is C15H32N2O2. The fraction of sp³-hybridized carbons (Fsp3) is 1.00. The summed E-state index contributed by atoms with van der Waals surface area (Å²) in [5, 5.41) is 13.5. The highest BCUT2D eigenvalue weighted by Gasteiger charge is 2.34. The van der Waals surface area contributed by atoms with Crippen molar-refractivity contribution in [1.82, 2.24) is 10.2 Å². The first kappa shape index (κ1) is 16.9. The first-order chi connectivity index (χ1) is 8.87. The van der Waals surface area contributed by atoms with E-state index in [1.54, 1.807) is 0 Å². The highest BCUT2D eigenvalue weighted by molar-refractivity contribution is 4.87. The highest BCUT2D eigenvalue weighted by atomic mass is 16.5. The molecule has 1 atom stereocenters. The summed E-state index contributed by atoms with van der Waals surface area (Å²) in [6.45, 7) is 11.4. The fourth-order valence-corrected chi connectivity index (χ4v) is 3.05. The molecule has 0 amide bonds. The molecule has 1 unspecified atom stereocenters. The smallest absolute Gasteiger partial charge is 0.0718 e. The molecule has 114 valence electrons. The molecule has 4 heteroatoms. The topological polar surface area (TPSA) is 44.7 Å². The van der Waals surface area contributed by atoms with Crippen LogP contribution in [0.2, 0.25) is 0 Å². The Bertz CT molecular complexity index is 245. The molecule has 0 bridgehead atoms. The molecule has 0 aromatic carbocycles. The van der Waals surface area contributed by atoms with E-state index in [1.807, 2.05) is 13.8 Å². The van der Waals surface area contributed by atoms with Gasteiger partial charge in [-0.25, -0.2) is 0 Å². The third-order valence-electron chi connectivity index (χ3n) is 3.59. The Morgan fingerprint density at radius 1 is 1.42 bits per heavy atom. The third-order valence-corrected chi connectivity index (χ3v) is 3.59. The Balaban J connectivity index is 2.53. The Morgan fingerprint density at radius 3 is 2.68 bits per heavy atom. The minimum absolute atomic E-state index is 0.202. The molecule has 0 saturated carbocycles. The van der Waals surface area contributed by atoms with Gasteiger partial charge in [-0.2, -0.15) is 0 Å². The van der Waals surface area contributed by atoms with E-state index in [2.05, 4.69) is 24.2 Å². The monoisotopic (exact) mass is 272 g/mol. The van der Waals surface area contributed by atoms with Gasteiger partial charge in [-0.05, 0) is 46.7 Å². The average Bonchev–Trinajstić information content (AvgIpc) is 2.27. The molecule has 0 aromatic heterocycles. The highest BCUT2D eigenvalue weighted by Crippen LogP contribution is 2.29. The minimum atomic E-state index is -0.637. The number of aliphatic hydroxyl groups is 1. The van der Waals surface area contributed by atoms with Gasteiger partial charge in [-0.15, -0.1) is 0 Å². The number of nitrogens with zero attached hydrogens (tertiary/aromatic N) is 1. The van der Waals surface area contributed by atoms with E-state index >= 15 is 0 Å². The molecule has 0 radical (unpaired) electrons. The van der Waals surface area contributed by atoms with Crippen LogP contribution in [0.3, 0.4) is 0 Å². The molecule has 0 aromatic rings. The lowest BCUT2D eigenvalue weighted by atomic mass is 9.81. The zero-order valence-corrected chi connectivity index (χ0v) is 13.2. The fourth-order valence-electron chi connectivity index (χ4n) is 3.05. The van der Waals surface area contributed by atoms with Gasteiger partial charge in [0, 0.05) is 31.7 Å². The van der Waals surface area contributed by atoms with Gasteiger partial charge in [0.2, 0.25) is 0 Å². The zero-order valence-electron chi connectivity index (χ0n) is 13.2. The summed E-state index contributed by atoms with van der Waals surface area (Å²) in [4.78, 5) is 2.24. The first-order valence-electron chi connectivity index (χ1n) is 7.56. The van der Waals surface area contributed by atoms with Crippen LogP contribution in [0, 0.1) is 5.41 Å². The number of nitrogens with one attached hydrogen (secondary N) is 1. The number of likely N-dealkylation sites (N-methyl/N-ethyl adjacent to an activating group) is 1. The molecule has 1 fully saturated rings. The van der Waals surface area contributed by atoms with Crippen LogP contribution in [0.1, 0.15) is 40.0 Å². The molecule has 1 aliphatic heterocycles. The Labute approximate surface area is 118 Å². The standard InChI is InChI=1S/C15H32N2O2/c1-5-8-16-10-15(7-6-9-19-13-15)12-17(4)11-14(2,3)18/h16,18H,5-13H2,1-4H3. The number of hydrogen-bond donors (Lipinski definition) is 2. The molecule has 0 aliphatic carbocycles. The van der Waals surface area contributed by atoms with Crippen molar-refractivity contribution in [2.24, 2.45) is 5.41 Å². The predicted octanol–water partition coefficient (Wildman–Crippen LogP) is 1.49. The normalized spacial score (nSPS) is 24.9. The van der Waals surface area contributed by atoms with Gasteiger partial charge < -0.3 is 20.1 Å². The van der Waals surface area contributed by atoms with Gasteiger partial charge in [0.15, 0.2) is 0 Å². The summed E-state index contributed by atoms with van der Waals surface area (Å²) in [6, 6.07) is 0. The second kappa shape index (κ2) is 7.58. The summed E-state index contributed by atoms with van der Waals surface area (Å²) < 4.78 is 5.72. The minimum Gasteiger partial charge on any atom is -0.389 e. The Kier molecular flexibility index (Phi) is 6.74. The van der Waals surface area contributed by atoms with Gasteiger partial charge in [-0.3, -0.25) is 0 Å². The second-order valence-corrected chi connectivity index (χ2v) is 6.82. The van der Waals surface area contributed by atoms with E-state index in [0.717, 1.165) is 45.7 Å². The van der Waals surface area contributed by atoms with Crippen molar-refractivity contribution in [3.63, 3.8) is 0 Å². The van der Waals surface area contributed by atoms with Crippen molar-refractivity contribution in [2.45, 2.75) is 45.6 Å². The second-order valence-electron chi connectivity index (χ2n) is 6.82. The van der Waals surface area contributed by atoms with Gasteiger partial charge in [0.05, 0.1) is 12.2 Å². The van der Waals surface area contributed by atoms with Crippen molar-refractivity contribution < 1.29 is 9.84 Å². The molecule has 4 nitrogen and oxygen atoms in total. The first-order valence-corrected chi connectivity index (χ1v) is 7.56. The van der Waals surface area contributed by atoms with Crippen LogP contribution in [-0.4, -0.2) is 62.0 Å². The molecule has 0 spiro atoms. The van der Waals surface area contributed by atoms with Crippen LogP contribution < -0.4 is 5.32 Å². The lowest BCUT2D eigenvalue weighted by molar-refractivity contribution is -0.0353. The van der Waals surface area contributed by atoms with E-state index in [-0.39, 0.29) is 5.41 Å².